The Morgan fingerprint density at radius 3 is 2.29 bits per heavy atom. The van der Waals surface area contributed by atoms with Crippen molar-refractivity contribution in [2.75, 3.05) is 32.7 Å². The summed E-state index contributed by atoms with van der Waals surface area (Å²) < 4.78 is 27.1. The molecule has 134 valence electrons. The predicted molar refractivity (Wildman–Crippen MR) is 97.8 cm³/mol. The van der Waals surface area contributed by atoms with Gasteiger partial charge in [-0.3, -0.25) is 0 Å². The Labute approximate surface area is 150 Å². The molecule has 0 bridgehead atoms. The van der Waals surface area contributed by atoms with E-state index < -0.39 is 10.0 Å². The van der Waals surface area contributed by atoms with E-state index in [0.29, 0.717) is 28.9 Å². The van der Waals surface area contributed by atoms with Gasteiger partial charge in [0, 0.05) is 24.7 Å². The SMILES string of the molecule is O=S(=O)(c1cccc(Cl)c1)N1CCC(CN2CCCCCC2)CC1. The fourth-order valence-corrected chi connectivity index (χ4v) is 5.56. The second-order valence-corrected chi connectivity index (χ2v) is 9.39. The maximum absolute atomic E-state index is 12.7. The average Bonchev–Trinajstić information content (AvgIpc) is 2.84. The van der Waals surface area contributed by atoms with E-state index >= 15 is 0 Å². The van der Waals surface area contributed by atoms with Crippen molar-refractivity contribution >= 4 is 21.6 Å². The number of sulfonamides is 1. The summed E-state index contributed by atoms with van der Waals surface area (Å²) in [7, 11) is -3.41. The van der Waals surface area contributed by atoms with Crippen LogP contribution in [0.4, 0.5) is 0 Å². The van der Waals surface area contributed by atoms with Crippen LogP contribution in [0.3, 0.4) is 0 Å². The molecule has 2 heterocycles. The van der Waals surface area contributed by atoms with Crippen molar-refractivity contribution in [3.8, 4) is 0 Å². The summed E-state index contributed by atoms with van der Waals surface area (Å²) in [5.41, 5.74) is 0. The van der Waals surface area contributed by atoms with Crippen molar-refractivity contribution in [3.05, 3.63) is 29.3 Å². The van der Waals surface area contributed by atoms with Gasteiger partial charge in [-0.1, -0.05) is 30.5 Å². The Morgan fingerprint density at radius 1 is 1.00 bits per heavy atom. The lowest BCUT2D eigenvalue weighted by molar-refractivity contribution is 0.186. The largest absolute Gasteiger partial charge is 0.303 e. The zero-order valence-corrected chi connectivity index (χ0v) is 15.7. The van der Waals surface area contributed by atoms with E-state index in [2.05, 4.69) is 4.90 Å². The summed E-state index contributed by atoms with van der Waals surface area (Å²) in [5, 5.41) is 0.465. The maximum atomic E-state index is 12.7. The van der Waals surface area contributed by atoms with Crippen molar-refractivity contribution in [3.63, 3.8) is 0 Å². The van der Waals surface area contributed by atoms with Crippen LogP contribution in [0, 0.1) is 5.92 Å². The molecule has 0 aliphatic carbocycles. The van der Waals surface area contributed by atoms with Crippen LogP contribution >= 0.6 is 11.6 Å². The molecule has 6 heteroatoms. The van der Waals surface area contributed by atoms with Gasteiger partial charge in [0.15, 0.2) is 0 Å². The van der Waals surface area contributed by atoms with Crippen molar-refractivity contribution < 1.29 is 8.42 Å². The van der Waals surface area contributed by atoms with Crippen molar-refractivity contribution in [1.29, 1.82) is 0 Å². The predicted octanol–water partition coefficient (Wildman–Crippen LogP) is 3.62. The summed E-state index contributed by atoms with van der Waals surface area (Å²) in [6.07, 6.45) is 7.23. The highest BCUT2D eigenvalue weighted by molar-refractivity contribution is 7.89. The molecule has 0 saturated carbocycles. The Balaban J connectivity index is 1.56. The van der Waals surface area contributed by atoms with Gasteiger partial charge in [-0.2, -0.15) is 4.31 Å². The van der Waals surface area contributed by atoms with Crippen LogP contribution in [0.2, 0.25) is 5.02 Å². The first-order chi connectivity index (χ1) is 11.6. The fourth-order valence-electron chi connectivity index (χ4n) is 3.79. The molecule has 2 fully saturated rings. The Hall–Kier alpha value is -0.620. The molecule has 0 radical (unpaired) electrons. The van der Waals surface area contributed by atoms with Gasteiger partial charge in [-0.15, -0.1) is 0 Å². The molecular weight excluding hydrogens is 344 g/mol. The van der Waals surface area contributed by atoms with Gasteiger partial charge < -0.3 is 4.90 Å². The van der Waals surface area contributed by atoms with Crippen molar-refractivity contribution in [2.45, 2.75) is 43.4 Å². The molecule has 24 heavy (non-hydrogen) atoms. The minimum Gasteiger partial charge on any atom is -0.303 e. The fraction of sp³-hybridized carbons (Fsp3) is 0.667. The van der Waals surface area contributed by atoms with E-state index in [-0.39, 0.29) is 0 Å². The molecule has 1 aromatic rings. The quantitative estimate of drug-likeness (QED) is 0.812. The van der Waals surface area contributed by atoms with E-state index in [1.54, 1.807) is 28.6 Å². The number of halogens is 1. The number of likely N-dealkylation sites (tertiary alicyclic amines) is 1. The first-order valence-electron chi connectivity index (χ1n) is 9.04. The van der Waals surface area contributed by atoms with Crippen LogP contribution in [0.15, 0.2) is 29.2 Å². The van der Waals surface area contributed by atoms with E-state index in [1.807, 2.05) is 0 Å². The van der Waals surface area contributed by atoms with Gasteiger partial charge in [-0.25, -0.2) is 8.42 Å². The van der Waals surface area contributed by atoms with Crippen LogP contribution in [0.25, 0.3) is 0 Å². The monoisotopic (exact) mass is 370 g/mol. The minimum absolute atomic E-state index is 0.306. The van der Waals surface area contributed by atoms with Gasteiger partial charge in [0.1, 0.15) is 0 Å². The van der Waals surface area contributed by atoms with E-state index in [0.717, 1.165) is 19.4 Å². The molecule has 4 nitrogen and oxygen atoms in total. The van der Waals surface area contributed by atoms with E-state index in [1.165, 1.54) is 38.8 Å². The molecule has 2 aliphatic rings. The second-order valence-electron chi connectivity index (χ2n) is 7.02. The molecule has 2 aliphatic heterocycles. The number of piperidine rings is 1. The summed E-state index contributed by atoms with van der Waals surface area (Å²) in [5.74, 6) is 0.619. The molecule has 2 saturated heterocycles. The average molecular weight is 371 g/mol. The lowest BCUT2D eigenvalue weighted by Crippen LogP contribution is -2.41. The Bertz CT molecular complexity index is 634. The van der Waals surface area contributed by atoms with Crippen LogP contribution in [-0.4, -0.2) is 50.3 Å². The lowest BCUT2D eigenvalue weighted by atomic mass is 9.97. The zero-order valence-electron chi connectivity index (χ0n) is 14.2. The minimum atomic E-state index is -3.41. The standard InChI is InChI=1S/C18H27ClN2O2S/c19-17-6-5-7-18(14-17)24(22,23)21-12-8-16(9-13-21)15-20-10-3-1-2-4-11-20/h5-7,14,16H,1-4,8-13,15H2. The number of benzene rings is 1. The molecule has 0 N–H and O–H groups in total. The first-order valence-corrected chi connectivity index (χ1v) is 10.9. The van der Waals surface area contributed by atoms with Gasteiger partial charge >= 0.3 is 0 Å². The highest BCUT2D eigenvalue weighted by atomic mass is 35.5. The highest BCUT2D eigenvalue weighted by Crippen LogP contribution is 2.26. The zero-order chi connectivity index (χ0) is 17.0. The smallest absolute Gasteiger partial charge is 0.243 e. The van der Waals surface area contributed by atoms with Gasteiger partial charge in [0.2, 0.25) is 10.0 Å². The second kappa shape index (κ2) is 8.17. The highest BCUT2D eigenvalue weighted by Gasteiger charge is 2.30. The summed E-state index contributed by atoms with van der Waals surface area (Å²) >= 11 is 5.95. The third-order valence-electron chi connectivity index (χ3n) is 5.22. The van der Waals surface area contributed by atoms with Crippen LogP contribution < -0.4 is 0 Å². The van der Waals surface area contributed by atoms with Crippen molar-refractivity contribution in [1.82, 2.24) is 9.21 Å². The topological polar surface area (TPSA) is 40.6 Å². The van der Waals surface area contributed by atoms with E-state index in [4.69, 9.17) is 11.6 Å². The normalized spacial score (nSPS) is 22.4. The third-order valence-corrected chi connectivity index (χ3v) is 7.35. The number of rotatable bonds is 4. The number of nitrogens with zero attached hydrogens (tertiary/aromatic N) is 2. The summed E-state index contributed by atoms with van der Waals surface area (Å²) in [6, 6.07) is 6.57. The number of hydrogen-bond acceptors (Lipinski definition) is 3. The first kappa shape index (κ1) is 18.2. The molecule has 0 spiro atoms. The molecule has 0 amide bonds. The van der Waals surface area contributed by atoms with Gasteiger partial charge in [-0.05, 0) is 62.9 Å². The molecule has 3 rings (SSSR count). The van der Waals surface area contributed by atoms with Gasteiger partial charge in [0.05, 0.1) is 4.90 Å². The molecule has 0 unspecified atom stereocenters. The van der Waals surface area contributed by atoms with Crippen LogP contribution in [0.1, 0.15) is 38.5 Å². The third kappa shape index (κ3) is 4.51. The van der Waals surface area contributed by atoms with Crippen molar-refractivity contribution in [2.24, 2.45) is 5.92 Å². The molecule has 0 atom stereocenters. The van der Waals surface area contributed by atoms with E-state index in [9.17, 15) is 8.42 Å². The molecule has 0 aromatic heterocycles. The maximum Gasteiger partial charge on any atom is 0.243 e. The van der Waals surface area contributed by atoms with Crippen LogP contribution in [0.5, 0.6) is 0 Å². The summed E-state index contributed by atoms with van der Waals surface area (Å²) in [6.45, 7) is 4.79. The molecule has 1 aromatic carbocycles. The van der Waals surface area contributed by atoms with Crippen LogP contribution in [-0.2, 0) is 10.0 Å². The Morgan fingerprint density at radius 2 is 1.67 bits per heavy atom. The van der Waals surface area contributed by atoms with Gasteiger partial charge in [0.25, 0.3) is 0 Å². The lowest BCUT2D eigenvalue weighted by Gasteiger charge is -2.34. The molecular formula is C18H27ClN2O2S. The Kier molecular flexibility index (Phi) is 6.19. The summed E-state index contributed by atoms with van der Waals surface area (Å²) in [4.78, 5) is 2.89. The number of hydrogen-bond donors (Lipinski definition) is 0.